The second-order valence-corrected chi connectivity index (χ2v) is 4.83. The molecular weight excluding hydrogens is 234 g/mol. The van der Waals surface area contributed by atoms with E-state index in [1.165, 1.54) is 0 Å². The summed E-state index contributed by atoms with van der Waals surface area (Å²) in [4.78, 5) is 8.30. The first-order chi connectivity index (χ1) is 8.31. The SMILES string of the molecule is CCC(N)C(Sc1cnccn1)c1ccco1. The molecule has 2 unspecified atom stereocenters. The van der Waals surface area contributed by atoms with Crippen molar-refractivity contribution >= 4 is 11.8 Å². The van der Waals surface area contributed by atoms with Crippen molar-refractivity contribution in [3.63, 3.8) is 0 Å². The van der Waals surface area contributed by atoms with E-state index < -0.39 is 0 Å². The third-order valence-corrected chi connectivity index (χ3v) is 3.76. The molecule has 0 aliphatic carbocycles. The van der Waals surface area contributed by atoms with Crippen LogP contribution in [0.5, 0.6) is 0 Å². The molecule has 2 atom stereocenters. The highest BCUT2D eigenvalue weighted by atomic mass is 32.2. The van der Waals surface area contributed by atoms with Gasteiger partial charge in [-0.25, -0.2) is 4.98 Å². The van der Waals surface area contributed by atoms with E-state index in [0.29, 0.717) is 0 Å². The number of rotatable bonds is 5. The summed E-state index contributed by atoms with van der Waals surface area (Å²) in [6, 6.07) is 3.86. The molecule has 2 rings (SSSR count). The quantitative estimate of drug-likeness (QED) is 0.825. The molecule has 5 heteroatoms. The Morgan fingerprint density at radius 1 is 1.47 bits per heavy atom. The van der Waals surface area contributed by atoms with Crippen LogP contribution in [0.1, 0.15) is 24.4 Å². The highest BCUT2D eigenvalue weighted by molar-refractivity contribution is 7.99. The summed E-state index contributed by atoms with van der Waals surface area (Å²) in [6.45, 7) is 2.07. The Bertz CT molecular complexity index is 432. The van der Waals surface area contributed by atoms with E-state index in [0.717, 1.165) is 17.2 Å². The van der Waals surface area contributed by atoms with Gasteiger partial charge in [-0.1, -0.05) is 18.7 Å². The summed E-state index contributed by atoms with van der Waals surface area (Å²) in [7, 11) is 0. The van der Waals surface area contributed by atoms with Crippen LogP contribution < -0.4 is 5.73 Å². The molecule has 0 bridgehead atoms. The van der Waals surface area contributed by atoms with Crippen molar-refractivity contribution < 1.29 is 4.42 Å². The first kappa shape index (κ1) is 12.1. The van der Waals surface area contributed by atoms with E-state index in [1.54, 1.807) is 36.6 Å². The highest BCUT2D eigenvalue weighted by Crippen LogP contribution is 2.36. The molecule has 17 heavy (non-hydrogen) atoms. The predicted molar refractivity (Wildman–Crippen MR) is 67.6 cm³/mol. The van der Waals surface area contributed by atoms with Gasteiger partial charge in [-0.3, -0.25) is 4.98 Å². The number of nitrogens with zero attached hydrogens (tertiary/aromatic N) is 2. The fourth-order valence-corrected chi connectivity index (χ4v) is 2.62. The summed E-state index contributed by atoms with van der Waals surface area (Å²) >= 11 is 1.59. The van der Waals surface area contributed by atoms with E-state index in [2.05, 4.69) is 16.9 Å². The van der Waals surface area contributed by atoms with E-state index in [1.807, 2.05) is 12.1 Å². The minimum atomic E-state index is 0.0353. The average molecular weight is 249 g/mol. The Morgan fingerprint density at radius 3 is 2.94 bits per heavy atom. The molecule has 2 N–H and O–H groups in total. The lowest BCUT2D eigenvalue weighted by Crippen LogP contribution is -2.25. The monoisotopic (exact) mass is 249 g/mol. The van der Waals surface area contributed by atoms with Gasteiger partial charge in [0.2, 0.25) is 0 Å². The summed E-state index contributed by atoms with van der Waals surface area (Å²) in [6.07, 6.45) is 7.63. The number of hydrogen-bond donors (Lipinski definition) is 1. The number of furan rings is 1. The number of aromatic nitrogens is 2. The molecule has 2 aromatic heterocycles. The van der Waals surface area contributed by atoms with Crippen molar-refractivity contribution in [2.24, 2.45) is 5.73 Å². The second kappa shape index (κ2) is 5.84. The van der Waals surface area contributed by atoms with Crippen LogP contribution in [0.25, 0.3) is 0 Å². The summed E-state index contributed by atoms with van der Waals surface area (Å²) in [5, 5.41) is 0.935. The number of thioether (sulfide) groups is 1. The zero-order valence-corrected chi connectivity index (χ0v) is 10.4. The lowest BCUT2D eigenvalue weighted by molar-refractivity contribution is 0.473. The maximum Gasteiger partial charge on any atom is 0.118 e. The molecule has 0 aliphatic rings. The zero-order valence-electron chi connectivity index (χ0n) is 9.61. The third-order valence-electron chi connectivity index (χ3n) is 2.47. The van der Waals surface area contributed by atoms with Crippen LogP contribution >= 0.6 is 11.8 Å². The van der Waals surface area contributed by atoms with Crippen molar-refractivity contribution in [1.29, 1.82) is 0 Å². The Morgan fingerprint density at radius 2 is 2.35 bits per heavy atom. The Balaban J connectivity index is 2.17. The third kappa shape index (κ3) is 3.08. The first-order valence-corrected chi connectivity index (χ1v) is 6.41. The van der Waals surface area contributed by atoms with Crippen molar-refractivity contribution in [2.75, 3.05) is 0 Å². The van der Waals surface area contributed by atoms with Crippen molar-refractivity contribution in [3.05, 3.63) is 42.7 Å². The Hall–Kier alpha value is -1.33. The van der Waals surface area contributed by atoms with Gasteiger partial charge in [0, 0.05) is 18.4 Å². The largest absolute Gasteiger partial charge is 0.468 e. The number of hydrogen-bond acceptors (Lipinski definition) is 5. The van der Waals surface area contributed by atoms with E-state index in [-0.39, 0.29) is 11.3 Å². The molecule has 0 saturated carbocycles. The molecule has 90 valence electrons. The molecule has 0 aliphatic heterocycles. The molecular formula is C12H15N3OS. The smallest absolute Gasteiger partial charge is 0.118 e. The van der Waals surface area contributed by atoms with E-state index in [4.69, 9.17) is 10.2 Å². The number of nitrogens with two attached hydrogens (primary N) is 1. The molecule has 0 radical (unpaired) electrons. The molecule has 0 fully saturated rings. The summed E-state index contributed by atoms with van der Waals surface area (Å²) < 4.78 is 5.44. The molecule has 0 spiro atoms. The zero-order chi connectivity index (χ0) is 12.1. The van der Waals surface area contributed by atoms with Crippen molar-refractivity contribution in [3.8, 4) is 0 Å². The molecule has 2 heterocycles. The minimum Gasteiger partial charge on any atom is -0.468 e. The molecule has 0 saturated heterocycles. The van der Waals surface area contributed by atoms with Gasteiger partial charge in [0.25, 0.3) is 0 Å². The van der Waals surface area contributed by atoms with E-state index in [9.17, 15) is 0 Å². The first-order valence-electron chi connectivity index (χ1n) is 5.53. The fourth-order valence-electron chi connectivity index (χ4n) is 1.50. The van der Waals surface area contributed by atoms with Gasteiger partial charge in [-0.15, -0.1) is 0 Å². The lowest BCUT2D eigenvalue weighted by Gasteiger charge is -2.19. The highest BCUT2D eigenvalue weighted by Gasteiger charge is 2.22. The van der Waals surface area contributed by atoms with Gasteiger partial charge in [-0.2, -0.15) is 0 Å². The van der Waals surface area contributed by atoms with Crippen LogP contribution in [0.15, 0.2) is 46.4 Å². The topological polar surface area (TPSA) is 64.9 Å². The standard InChI is InChI=1S/C12H15N3OS/c1-2-9(13)12(10-4-3-7-16-10)17-11-8-14-5-6-15-11/h3-9,12H,2,13H2,1H3. The molecule has 0 aromatic carbocycles. The van der Waals surface area contributed by atoms with Gasteiger partial charge >= 0.3 is 0 Å². The van der Waals surface area contributed by atoms with Gasteiger partial charge in [0.15, 0.2) is 0 Å². The van der Waals surface area contributed by atoms with Crippen LogP contribution in [-0.2, 0) is 0 Å². The van der Waals surface area contributed by atoms with Crippen molar-refractivity contribution in [2.45, 2.75) is 29.7 Å². The van der Waals surface area contributed by atoms with Gasteiger partial charge in [0.1, 0.15) is 10.8 Å². The van der Waals surface area contributed by atoms with Crippen LogP contribution in [0.3, 0.4) is 0 Å². The van der Waals surface area contributed by atoms with E-state index >= 15 is 0 Å². The normalized spacial score (nSPS) is 14.5. The maximum atomic E-state index is 6.13. The lowest BCUT2D eigenvalue weighted by atomic mass is 10.1. The Kier molecular flexibility index (Phi) is 4.17. The fraction of sp³-hybridized carbons (Fsp3) is 0.333. The van der Waals surface area contributed by atoms with Crippen LogP contribution in [0.2, 0.25) is 0 Å². The van der Waals surface area contributed by atoms with Crippen LogP contribution in [0.4, 0.5) is 0 Å². The molecule has 4 nitrogen and oxygen atoms in total. The van der Waals surface area contributed by atoms with Crippen LogP contribution in [0, 0.1) is 0 Å². The van der Waals surface area contributed by atoms with Gasteiger partial charge in [0.05, 0.1) is 17.7 Å². The Labute approximate surface area is 105 Å². The van der Waals surface area contributed by atoms with Crippen molar-refractivity contribution in [1.82, 2.24) is 9.97 Å². The summed E-state index contributed by atoms with van der Waals surface area (Å²) in [5.41, 5.74) is 6.13. The maximum absolute atomic E-state index is 6.13. The van der Waals surface area contributed by atoms with Crippen LogP contribution in [-0.4, -0.2) is 16.0 Å². The molecule has 2 aromatic rings. The predicted octanol–water partition coefficient (Wildman–Crippen LogP) is 2.64. The van der Waals surface area contributed by atoms with Gasteiger partial charge in [-0.05, 0) is 18.6 Å². The second-order valence-electron chi connectivity index (χ2n) is 3.67. The average Bonchev–Trinajstić information content (AvgIpc) is 2.90. The summed E-state index contributed by atoms with van der Waals surface area (Å²) in [5.74, 6) is 0.884. The minimum absolute atomic E-state index is 0.0353. The van der Waals surface area contributed by atoms with Gasteiger partial charge < -0.3 is 10.2 Å². The molecule has 0 amide bonds.